The number of amides is 2. The number of likely N-dealkylation sites (tertiary alicyclic amines) is 1. The maximum absolute atomic E-state index is 12.8. The molecule has 0 aliphatic carbocycles. The van der Waals surface area contributed by atoms with Crippen molar-refractivity contribution in [3.63, 3.8) is 0 Å². The van der Waals surface area contributed by atoms with Gasteiger partial charge in [0.1, 0.15) is 0 Å². The van der Waals surface area contributed by atoms with Crippen molar-refractivity contribution in [1.29, 1.82) is 0 Å². The molecule has 9 heteroatoms. The number of piperidine rings is 1. The van der Waals surface area contributed by atoms with Crippen LogP contribution in [0.2, 0.25) is 0 Å². The maximum Gasteiger partial charge on any atom is 0.262 e. The highest BCUT2D eigenvalue weighted by Gasteiger charge is 2.21. The standard InChI is InChI=1S/C22H27N3O5S/c1-15-13-19(23-16(2)26)7-8-21(15)31(29,30)24-18-5-3-17(4-6-18)14-22(28)25-11-9-20(27)10-12-25/h3-8,13,20,24,27H,9-12,14H2,1-2H3,(H,23,26). The van der Waals surface area contributed by atoms with Crippen LogP contribution in [0.3, 0.4) is 0 Å². The van der Waals surface area contributed by atoms with Crippen LogP contribution in [0.25, 0.3) is 0 Å². The van der Waals surface area contributed by atoms with Gasteiger partial charge in [-0.25, -0.2) is 8.42 Å². The summed E-state index contributed by atoms with van der Waals surface area (Å²) < 4.78 is 28.1. The summed E-state index contributed by atoms with van der Waals surface area (Å²) >= 11 is 0. The van der Waals surface area contributed by atoms with Gasteiger partial charge < -0.3 is 15.3 Å². The number of hydrogen-bond donors (Lipinski definition) is 3. The van der Waals surface area contributed by atoms with Gasteiger partial charge in [0, 0.05) is 31.4 Å². The van der Waals surface area contributed by atoms with Gasteiger partial charge in [0.25, 0.3) is 10.0 Å². The third kappa shape index (κ3) is 6.05. The fourth-order valence-electron chi connectivity index (χ4n) is 3.53. The van der Waals surface area contributed by atoms with Gasteiger partial charge in [-0.05, 0) is 61.2 Å². The first-order valence-corrected chi connectivity index (χ1v) is 11.6. The molecular formula is C22H27N3O5S. The first kappa shape index (κ1) is 22.8. The Morgan fingerprint density at radius 3 is 2.26 bits per heavy atom. The number of carbonyl (C=O) groups excluding carboxylic acids is 2. The Morgan fingerprint density at radius 1 is 1.06 bits per heavy atom. The molecule has 1 aliphatic rings. The third-order valence-corrected chi connectivity index (χ3v) is 6.71. The highest BCUT2D eigenvalue weighted by molar-refractivity contribution is 7.92. The molecule has 1 saturated heterocycles. The molecule has 8 nitrogen and oxygen atoms in total. The molecule has 3 N–H and O–H groups in total. The van der Waals surface area contributed by atoms with Gasteiger partial charge in [0.05, 0.1) is 17.4 Å². The predicted octanol–water partition coefficient (Wildman–Crippen LogP) is 2.28. The van der Waals surface area contributed by atoms with Gasteiger partial charge >= 0.3 is 0 Å². The van der Waals surface area contributed by atoms with Crippen molar-refractivity contribution in [2.75, 3.05) is 23.1 Å². The van der Waals surface area contributed by atoms with Gasteiger partial charge in [-0.1, -0.05) is 12.1 Å². The molecule has 0 radical (unpaired) electrons. The van der Waals surface area contributed by atoms with Gasteiger partial charge in [-0.3, -0.25) is 14.3 Å². The minimum atomic E-state index is -3.81. The molecule has 0 aromatic heterocycles. The molecule has 2 aromatic carbocycles. The molecule has 0 bridgehead atoms. The average Bonchev–Trinajstić information content (AvgIpc) is 2.69. The molecule has 0 spiro atoms. The van der Waals surface area contributed by atoms with Gasteiger partial charge in [-0.15, -0.1) is 0 Å². The normalized spacial score (nSPS) is 14.9. The second-order valence-corrected chi connectivity index (χ2v) is 9.40. The van der Waals surface area contributed by atoms with Crippen LogP contribution < -0.4 is 10.0 Å². The molecule has 31 heavy (non-hydrogen) atoms. The zero-order chi connectivity index (χ0) is 22.6. The maximum atomic E-state index is 12.8. The molecule has 0 unspecified atom stereocenters. The Hall–Kier alpha value is -2.91. The van der Waals surface area contributed by atoms with E-state index in [1.54, 1.807) is 42.2 Å². The molecule has 2 aromatic rings. The summed E-state index contributed by atoms with van der Waals surface area (Å²) in [6.45, 7) is 4.15. The van der Waals surface area contributed by atoms with Crippen molar-refractivity contribution in [1.82, 2.24) is 4.90 Å². The Kier molecular flexibility index (Phi) is 6.97. The highest BCUT2D eigenvalue weighted by Crippen LogP contribution is 2.23. The van der Waals surface area contributed by atoms with E-state index in [9.17, 15) is 23.1 Å². The van der Waals surface area contributed by atoms with Crippen LogP contribution >= 0.6 is 0 Å². The quantitative estimate of drug-likeness (QED) is 0.631. The highest BCUT2D eigenvalue weighted by atomic mass is 32.2. The minimum Gasteiger partial charge on any atom is -0.393 e. The molecule has 3 rings (SSSR count). The number of rotatable bonds is 6. The van der Waals surface area contributed by atoms with Crippen LogP contribution in [0.4, 0.5) is 11.4 Å². The summed E-state index contributed by atoms with van der Waals surface area (Å²) in [6.07, 6.45) is 1.09. The van der Waals surface area contributed by atoms with E-state index in [2.05, 4.69) is 10.0 Å². The number of aliphatic hydroxyl groups excluding tert-OH is 1. The van der Waals surface area contributed by atoms with E-state index >= 15 is 0 Å². The number of nitrogens with one attached hydrogen (secondary N) is 2. The van der Waals surface area contributed by atoms with Crippen LogP contribution in [-0.4, -0.2) is 49.4 Å². The van der Waals surface area contributed by atoms with Gasteiger partial charge in [-0.2, -0.15) is 0 Å². The van der Waals surface area contributed by atoms with Crippen LogP contribution in [0.5, 0.6) is 0 Å². The lowest BCUT2D eigenvalue weighted by molar-refractivity contribution is -0.132. The summed E-state index contributed by atoms with van der Waals surface area (Å²) in [5.41, 5.74) is 2.21. The number of aryl methyl sites for hydroxylation is 1. The molecular weight excluding hydrogens is 418 g/mol. The van der Waals surface area contributed by atoms with Crippen molar-refractivity contribution < 1.29 is 23.1 Å². The molecule has 2 amide bonds. The first-order chi connectivity index (χ1) is 14.6. The van der Waals surface area contributed by atoms with E-state index in [0.29, 0.717) is 42.9 Å². The van der Waals surface area contributed by atoms with E-state index in [1.807, 2.05) is 0 Å². The summed E-state index contributed by atoms with van der Waals surface area (Å²) in [7, 11) is -3.81. The predicted molar refractivity (Wildman–Crippen MR) is 118 cm³/mol. The SMILES string of the molecule is CC(=O)Nc1ccc(S(=O)(=O)Nc2ccc(CC(=O)N3CCC(O)CC3)cc2)c(C)c1. The lowest BCUT2D eigenvalue weighted by Gasteiger charge is -2.29. The van der Waals surface area contributed by atoms with Gasteiger partial charge in [0.2, 0.25) is 11.8 Å². The van der Waals surface area contributed by atoms with Crippen LogP contribution in [0.1, 0.15) is 30.9 Å². The number of benzene rings is 2. The number of carbonyl (C=O) groups is 2. The first-order valence-electron chi connectivity index (χ1n) is 10.1. The summed E-state index contributed by atoms with van der Waals surface area (Å²) in [5.74, 6) is -0.236. The lowest BCUT2D eigenvalue weighted by atomic mass is 10.1. The molecule has 0 saturated carbocycles. The van der Waals surface area contributed by atoms with Crippen LogP contribution in [0, 0.1) is 6.92 Å². The number of hydrogen-bond acceptors (Lipinski definition) is 5. The van der Waals surface area contributed by atoms with E-state index in [0.717, 1.165) is 5.56 Å². The molecule has 1 fully saturated rings. The van der Waals surface area contributed by atoms with Crippen molar-refractivity contribution in [2.45, 2.75) is 44.1 Å². The topological polar surface area (TPSA) is 116 Å². The van der Waals surface area contributed by atoms with Crippen molar-refractivity contribution in [3.8, 4) is 0 Å². The molecule has 1 heterocycles. The van der Waals surface area contributed by atoms with Crippen molar-refractivity contribution in [2.24, 2.45) is 0 Å². The Bertz CT molecular complexity index is 1060. The summed E-state index contributed by atoms with van der Waals surface area (Å²) in [4.78, 5) is 25.4. The Labute approximate surface area is 182 Å². The fraction of sp³-hybridized carbons (Fsp3) is 0.364. The van der Waals surface area contributed by atoms with Gasteiger partial charge in [0.15, 0.2) is 0 Å². The number of nitrogens with zero attached hydrogens (tertiary/aromatic N) is 1. The zero-order valence-corrected chi connectivity index (χ0v) is 18.4. The van der Waals surface area contributed by atoms with E-state index < -0.39 is 10.0 Å². The lowest BCUT2D eigenvalue weighted by Crippen LogP contribution is -2.40. The van der Waals surface area contributed by atoms with E-state index in [-0.39, 0.29) is 29.2 Å². The number of sulfonamides is 1. The van der Waals surface area contributed by atoms with Crippen molar-refractivity contribution >= 4 is 33.2 Å². The van der Waals surface area contributed by atoms with Crippen LogP contribution in [0.15, 0.2) is 47.4 Å². The largest absolute Gasteiger partial charge is 0.393 e. The fourth-order valence-corrected chi connectivity index (χ4v) is 4.82. The van der Waals surface area contributed by atoms with E-state index in [1.165, 1.54) is 19.1 Å². The monoisotopic (exact) mass is 445 g/mol. The van der Waals surface area contributed by atoms with Crippen molar-refractivity contribution in [3.05, 3.63) is 53.6 Å². The Morgan fingerprint density at radius 2 is 1.68 bits per heavy atom. The molecule has 1 aliphatic heterocycles. The molecule has 0 atom stereocenters. The summed E-state index contributed by atoms with van der Waals surface area (Å²) in [5, 5.41) is 12.2. The Balaban J connectivity index is 1.65. The number of aliphatic hydroxyl groups is 1. The average molecular weight is 446 g/mol. The smallest absolute Gasteiger partial charge is 0.262 e. The second-order valence-electron chi connectivity index (χ2n) is 7.75. The zero-order valence-electron chi connectivity index (χ0n) is 17.6. The minimum absolute atomic E-state index is 0.00452. The summed E-state index contributed by atoms with van der Waals surface area (Å²) in [6, 6.07) is 11.3. The van der Waals surface area contributed by atoms with Crippen LogP contribution in [-0.2, 0) is 26.0 Å². The molecule has 166 valence electrons. The second kappa shape index (κ2) is 9.49. The third-order valence-electron chi connectivity index (χ3n) is 5.16. The number of anilines is 2. The van der Waals surface area contributed by atoms with E-state index in [4.69, 9.17) is 0 Å².